The lowest BCUT2D eigenvalue weighted by Gasteiger charge is -2.28. The van der Waals surface area contributed by atoms with Gasteiger partial charge in [0.05, 0.1) is 31.6 Å². The molecular formula is C25H27F2N5O4S. The molecule has 1 saturated heterocycles. The number of nitrogens with one attached hydrogen (secondary N) is 1. The molecule has 1 N–H and O–H groups in total. The molecule has 9 nitrogen and oxygen atoms in total. The Hall–Kier alpha value is -3.82. The summed E-state index contributed by atoms with van der Waals surface area (Å²) in [5.41, 5.74) is 1.72. The molecule has 1 aliphatic heterocycles. The molecule has 0 bridgehead atoms. The van der Waals surface area contributed by atoms with Gasteiger partial charge in [0, 0.05) is 24.7 Å². The van der Waals surface area contributed by atoms with Crippen molar-refractivity contribution in [3.63, 3.8) is 0 Å². The second-order valence-corrected chi connectivity index (χ2v) is 9.46. The van der Waals surface area contributed by atoms with Gasteiger partial charge in [0.2, 0.25) is 5.88 Å². The monoisotopic (exact) mass is 531 g/mol. The maximum atomic E-state index is 14.2. The third-order valence-electron chi connectivity index (χ3n) is 5.29. The number of aliphatic imine (C=N–C) groups is 1. The molecule has 12 heteroatoms. The molecule has 2 heterocycles. The molecule has 1 aliphatic rings. The van der Waals surface area contributed by atoms with Gasteiger partial charge in [-0.15, -0.1) is 0 Å². The van der Waals surface area contributed by atoms with Gasteiger partial charge in [-0.05, 0) is 38.3 Å². The first kappa shape index (κ1) is 27.8. The number of aryl methyl sites for hydroxylation is 1. The smallest absolute Gasteiger partial charge is 0.264 e. The van der Waals surface area contributed by atoms with Crippen LogP contribution in [0, 0.1) is 23.5 Å². The maximum absolute atomic E-state index is 14.2. The number of hydrogen-bond acceptors (Lipinski definition) is 8. The SMILES string of the molecule is C=N/C(OC)=C(\C=C(/C)C#Cc1c(CC)ncnc1N1CCOCC1)NS(=O)(=O)c1ccc(F)cc1F. The summed E-state index contributed by atoms with van der Waals surface area (Å²) in [4.78, 5) is 13.8. The van der Waals surface area contributed by atoms with Crippen LogP contribution in [0.2, 0.25) is 0 Å². The predicted molar refractivity (Wildman–Crippen MR) is 135 cm³/mol. The van der Waals surface area contributed by atoms with Crippen molar-refractivity contribution in [1.29, 1.82) is 0 Å². The fourth-order valence-corrected chi connectivity index (χ4v) is 4.63. The van der Waals surface area contributed by atoms with Gasteiger partial charge in [0.1, 0.15) is 34.4 Å². The average Bonchev–Trinajstić information content (AvgIpc) is 2.88. The summed E-state index contributed by atoms with van der Waals surface area (Å²) < 4.78 is 66.0. The van der Waals surface area contributed by atoms with E-state index in [9.17, 15) is 17.2 Å². The van der Waals surface area contributed by atoms with Crippen molar-refractivity contribution in [2.75, 3.05) is 38.3 Å². The number of halogens is 2. The highest BCUT2D eigenvalue weighted by molar-refractivity contribution is 7.89. The van der Waals surface area contributed by atoms with Gasteiger partial charge >= 0.3 is 0 Å². The Kier molecular flexibility index (Phi) is 9.32. The summed E-state index contributed by atoms with van der Waals surface area (Å²) >= 11 is 0. The largest absolute Gasteiger partial charge is 0.480 e. The molecule has 196 valence electrons. The number of hydrogen-bond donors (Lipinski definition) is 1. The highest BCUT2D eigenvalue weighted by Gasteiger charge is 2.22. The zero-order valence-corrected chi connectivity index (χ0v) is 21.5. The van der Waals surface area contributed by atoms with Crippen LogP contribution in [0.5, 0.6) is 0 Å². The Morgan fingerprint density at radius 1 is 1.32 bits per heavy atom. The number of benzene rings is 1. The second kappa shape index (κ2) is 12.4. The molecule has 0 spiro atoms. The van der Waals surface area contributed by atoms with E-state index in [4.69, 9.17) is 9.47 Å². The summed E-state index contributed by atoms with van der Waals surface area (Å²) in [6.45, 7) is 9.49. The van der Waals surface area contributed by atoms with Gasteiger partial charge in [-0.2, -0.15) is 0 Å². The number of nitrogens with zero attached hydrogens (tertiary/aromatic N) is 4. The van der Waals surface area contributed by atoms with Crippen LogP contribution >= 0.6 is 0 Å². The van der Waals surface area contributed by atoms with Gasteiger partial charge in [0.15, 0.2) is 0 Å². The molecule has 0 atom stereocenters. The minimum atomic E-state index is -4.47. The summed E-state index contributed by atoms with van der Waals surface area (Å²) in [6.07, 6.45) is 3.51. The van der Waals surface area contributed by atoms with E-state index in [1.54, 1.807) is 6.92 Å². The number of allylic oxidation sites excluding steroid dienone is 2. The Balaban J connectivity index is 2.00. The van der Waals surface area contributed by atoms with E-state index >= 15 is 0 Å². The van der Waals surface area contributed by atoms with E-state index in [2.05, 4.69) is 43.1 Å². The van der Waals surface area contributed by atoms with Crippen LogP contribution < -0.4 is 9.62 Å². The molecule has 37 heavy (non-hydrogen) atoms. The molecule has 0 radical (unpaired) electrons. The van der Waals surface area contributed by atoms with Crippen LogP contribution in [0.3, 0.4) is 0 Å². The fraction of sp³-hybridized carbons (Fsp3) is 0.320. The van der Waals surface area contributed by atoms with Crippen LogP contribution in [0.1, 0.15) is 25.1 Å². The molecule has 3 rings (SSSR count). The lowest BCUT2D eigenvalue weighted by molar-refractivity contribution is 0.122. The number of anilines is 1. The minimum absolute atomic E-state index is 0.138. The zero-order chi connectivity index (χ0) is 27.0. The van der Waals surface area contributed by atoms with Crippen molar-refractivity contribution in [2.24, 2.45) is 4.99 Å². The molecule has 1 aromatic carbocycles. The van der Waals surface area contributed by atoms with Crippen molar-refractivity contribution in [2.45, 2.75) is 25.2 Å². The molecule has 2 aromatic rings. The van der Waals surface area contributed by atoms with Crippen molar-refractivity contribution in [3.8, 4) is 11.8 Å². The van der Waals surface area contributed by atoms with Crippen molar-refractivity contribution in [1.82, 2.24) is 14.7 Å². The van der Waals surface area contributed by atoms with Crippen LogP contribution in [0.25, 0.3) is 0 Å². The van der Waals surface area contributed by atoms with E-state index < -0.39 is 26.6 Å². The molecule has 0 unspecified atom stereocenters. The predicted octanol–water partition coefficient (Wildman–Crippen LogP) is 2.95. The molecule has 0 aliphatic carbocycles. The van der Waals surface area contributed by atoms with Gasteiger partial charge in [-0.3, -0.25) is 4.72 Å². The van der Waals surface area contributed by atoms with Gasteiger partial charge in [-0.1, -0.05) is 18.8 Å². The zero-order valence-electron chi connectivity index (χ0n) is 20.7. The average molecular weight is 532 g/mol. The van der Waals surface area contributed by atoms with Gasteiger partial charge in [-0.25, -0.2) is 32.2 Å². The Bertz CT molecular complexity index is 1390. The third-order valence-corrected chi connectivity index (χ3v) is 6.69. The highest BCUT2D eigenvalue weighted by atomic mass is 32.2. The first-order valence-corrected chi connectivity index (χ1v) is 12.8. The van der Waals surface area contributed by atoms with Crippen LogP contribution in [0.15, 0.2) is 57.6 Å². The third kappa shape index (κ3) is 6.90. The summed E-state index contributed by atoms with van der Waals surface area (Å²) in [5, 5.41) is 0. The first-order chi connectivity index (χ1) is 17.7. The summed E-state index contributed by atoms with van der Waals surface area (Å²) in [7, 11) is -3.19. The molecule has 1 aromatic heterocycles. The number of methoxy groups -OCH3 is 1. The maximum Gasteiger partial charge on any atom is 0.264 e. The second-order valence-electron chi connectivity index (χ2n) is 7.81. The number of ether oxygens (including phenoxy) is 2. The van der Waals surface area contributed by atoms with Crippen molar-refractivity contribution >= 4 is 22.6 Å². The molecular weight excluding hydrogens is 504 g/mol. The fourth-order valence-electron chi connectivity index (χ4n) is 3.52. The lowest BCUT2D eigenvalue weighted by atomic mass is 10.1. The van der Waals surface area contributed by atoms with E-state index in [1.165, 1.54) is 19.5 Å². The van der Waals surface area contributed by atoms with Crippen LogP contribution in [-0.2, 0) is 25.9 Å². The van der Waals surface area contributed by atoms with E-state index in [-0.39, 0.29) is 11.6 Å². The normalized spacial score (nSPS) is 14.8. The number of aromatic nitrogens is 2. The number of morpholine rings is 1. The Morgan fingerprint density at radius 3 is 2.68 bits per heavy atom. The van der Waals surface area contributed by atoms with Crippen molar-refractivity contribution in [3.05, 3.63) is 70.6 Å². The standard InChI is InChI=1S/C25H27F2N5O4S/c1-5-21-19(24(30-16-29-21)32-10-12-36-13-11-32)8-6-17(2)14-22(25(28-3)35-4)31-37(33,34)23-9-7-18(26)15-20(23)27/h7,9,14-16,31H,3,5,10-13H2,1-2,4H3/b17-14+,25-22-. The van der Waals surface area contributed by atoms with Gasteiger partial charge < -0.3 is 14.4 Å². The Morgan fingerprint density at radius 2 is 2.05 bits per heavy atom. The summed E-state index contributed by atoms with van der Waals surface area (Å²) in [6, 6.07) is 2.15. The molecule has 0 saturated carbocycles. The molecule has 1 fully saturated rings. The quantitative estimate of drug-likeness (QED) is 0.242. The van der Waals surface area contributed by atoms with Gasteiger partial charge in [0.25, 0.3) is 10.0 Å². The van der Waals surface area contributed by atoms with Crippen LogP contribution in [-0.4, -0.2) is 58.5 Å². The minimum Gasteiger partial charge on any atom is -0.480 e. The van der Waals surface area contributed by atoms with Crippen LogP contribution in [0.4, 0.5) is 14.6 Å². The highest BCUT2D eigenvalue weighted by Crippen LogP contribution is 2.21. The molecule has 0 amide bonds. The lowest BCUT2D eigenvalue weighted by Crippen LogP contribution is -2.37. The number of rotatable bonds is 8. The summed E-state index contributed by atoms with van der Waals surface area (Å²) in [5.74, 6) is 4.48. The van der Waals surface area contributed by atoms with E-state index in [1.807, 2.05) is 6.92 Å². The number of sulfonamides is 1. The topological polar surface area (TPSA) is 106 Å². The Labute approximate surface area is 215 Å². The van der Waals surface area contributed by atoms with E-state index in [0.717, 1.165) is 17.8 Å². The first-order valence-electron chi connectivity index (χ1n) is 11.3. The van der Waals surface area contributed by atoms with Crippen molar-refractivity contribution < 1.29 is 26.7 Å². The van der Waals surface area contributed by atoms with E-state index in [0.29, 0.717) is 55.7 Å².